The topological polar surface area (TPSA) is 60.5 Å². The number of ether oxygens (including phenoxy) is 2. The van der Waals surface area contributed by atoms with Crippen LogP contribution in [0.25, 0.3) is 0 Å². The molecule has 1 amide bonds. The summed E-state index contributed by atoms with van der Waals surface area (Å²) in [6.07, 6.45) is 2.76. The Kier molecular flexibility index (Phi) is 5.48. The van der Waals surface area contributed by atoms with Crippen LogP contribution in [-0.4, -0.2) is 35.6 Å². The summed E-state index contributed by atoms with van der Waals surface area (Å²) in [4.78, 5) is 16.5. The van der Waals surface area contributed by atoms with Gasteiger partial charge in [0.2, 0.25) is 5.88 Å². The number of pyridine rings is 1. The number of anilines is 1. The molecular formula is C17H17ClN2O3S. The summed E-state index contributed by atoms with van der Waals surface area (Å²) in [7, 11) is 1.54. The maximum atomic E-state index is 12.3. The largest absolute Gasteiger partial charge is 0.495 e. The van der Waals surface area contributed by atoms with Gasteiger partial charge in [-0.3, -0.25) is 4.79 Å². The van der Waals surface area contributed by atoms with Crippen molar-refractivity contribution in [1.82, 2.24) is 4.98 Å². The lowest BCUT2D eigenvalue weighted by Crippen LogP contribution is -2.16. The van der Waals surface area contributed by atoms with Gasteiger partial charge in [0, 0.05) is 23.7 Å². The zero-order valence-electron chi connectivity index (χ0n) is 13.1. The first-order valence-electron chi connectivity index (χ1n) is 7.51. The molecule has 7 heteroatoms. The molecule has 2 heterocycles. The fraction of sp³-hybridized carbons (Fsp3) is 0.294. The summed E-state index contributed by atoms with van der Waals surface area (Å²) < 4.78 is 10.9. The second-order valence-corrected chi connectivity index (χ2v) is 6.85. The molecule has 1 aliphatic heterocycles. The summed E-state index contributed by atoms with van der Waals surface area (Å²) in [6, 6.07) is 8.49. The van der Waals surface area contributed by atoms with Gasteiger partial charge in [-0.25, -0.2) is 4.98 Å². The van der Waals surface area contributed by atoms with Crippen molar-refractivity contribution in [3.63, 3.8) is 0 Å². The molecule has 1 saturated heterocycles. The van der Waals surface area contributed by atoms with Gasteiger partial charge in [-0.2, -0.15) is 11.8 Å². The number of benzene rings is 1. The van der Waals surface area contributed by atoms with Crippen molar-refractivity contribution in [2.45, 2.75) is 12.5 Å². The van der Waals surface area contributed by atoms with Crippen molar-refractivity contribution in [1.29, 1.82) is 0 Å². The molecule has 2 aromatic rings. The number of hydrogen-bond acceptors (Lipinski definition) is 5. The predicted octanol–water partition coefficient (Wildman–Crippen LogP) is 3.88. The monoisotopic (exact) mass is 364 g/mol. The maximum absolute atomic E-state index is 12.3. The predicted molar refractivity (Wildman–Crippen MR) is 96.6 cm³/mol. The van der Waals surface area contributed by atoms with E-state index >= 15 is 0 Å². The number of halogens is 1. The second-order valence-electron chi connectivity index (χ2n) is 5.29. The van der Waals surface area contributed by atoms with Crippen molar-refractivity contribution in [3.05, 3.63) is 47.1 Å². The van der Waals surface area contributed by atoms with Crippen LogP contribution in [0.3, 0.4) is 0 Å². The molecule has 0 saturated carbocycles. The molecule has 1 aromatic carbocycles. The van der Waals surface area contributed by atoms with Crippen LogP contribution in [0.1, 0.15) is 16.8 Å². The molecule has 0 bridgehead atoms. The molecule has 0 unspecified atom stereocenters. The third kappa shape index (κ3) is 4.13. The molecule has 1 aliphatic rings. The van der Waals surface area contributed by atoms with Gasteiger partial charge >= 0.3 is 0 Å². The smallest absolute Gasteiger partial charge is 0.257 e. The van der Waals surface area contributed by atoms with Crippen LogP contribution >= 0.6 is 23.4 Å². The Labute approximate surface area is 149 Å². The van der Waals surface area contributed by atoms with Gasteiger partial charge in [0.1, 0.15) is 11.9 Å². The lowest BCUT2D eigenvalue weighted by molar-refractivity contribution is 0.102. The van der Waals surface area contributed by atoms with Crippen molar-refractivity contribution >= 4 is 35.0 Å². The zero-order chi connectivity index (χ0) is 16.9. The first-order chi connectivity index (χ1) is 11.7. The van der Waals surface area contributed by atoms with Crippen LogP contribution in [0.5, 0.6) is 11.6 Å². The van der Waals surface area contributed by atoms with Gasteiger partial charge in [0.05, 0.1) is 17.7 Å². The van der Waals surface area contributed by atoms with E-state index in [2.05, 4.69) is 10.3 Å². The molecule has 24 heavy (non-hydrogen) atoms. The fourth-order valence-corrected chi connectivity index (χ4v) is 3.66. The number of carbonyl (C=O) groups is 1. The Balaban J connectivity index is 1.63. The first-order valence-corrected chi connectivity index (χ1v) is 9.04. The Bertz CT molecular complexity index is 718. The highest BCUT2D eigenvalue weighted by molar-refractivity contribution is 7.99. The van der Waals surface area contributed by atoms with Gasteiger partial charge in [-0.15, -0.1) is 0 Å². The summed E-state index contributed by atoms with van der Waals surface area (Å²) >= 11 is 7.93. The van der Waals surface area contributed by atoms with Gasteiger partial charge in [0.15, 0.2) is 0 Å². The van der Waals surface area contributed by atoms with Crippen LogP contribution in [-0.2, 0) is 0 Å². The molecule has 0 radical (unpaired) electrons. The lowest BCUT2D eigenvalue weighted by atomic mass is 10.2. The minimum atomic E-state index is -0.258. The third-order valence-corrected chi connectivity index (χ3v) is 5.01. The molecule has 0 aliphatic carbocycles. The van der Waals surface area contributed by atoms with E-state index in [-0.39, 0.29) is 12.0 Å². The molecule has 0 spiro atoms. The number of rotatable bonds is 5. The van der Waals surface area contributed by atoms with Crippen molar-refractivity contribution in [2.75, 3.05) is 23.9 Å². The highest BCUT2D eigenvalue weighted by atomic mass is 35.5. The van der Waals surface area contributed by atoms with Crippen LogP contribution < -0.4 is 14.8 Å². The van der Waals surface area contributed by atoms with Crippen LogP contribution in [0.15, 0.2) is 36.5 Å². The molecule has 1 fully saturated rings. The normalized spacial score (nSPS) is 16.7. The summed E-state index contributed by atoms with van der Waals surface area (Å²) in [5.41, 5.74) is 1.05. The summed E-state index contributed by atoms with van der Waals surface area (Å²) in [5.74, 6) is 2.96. The second kappa shape index (κ2) is 7.77. The first kappa shape index (κ1) is 16.9. The van der Waals surface area contributed by atoms with Crippen LogP contribution in [0.2, 0.25) is 5.02 Å². The molecule has 1 atom stereocenters. The van der Waals surface area contributed by atoms with E-state index in [1.807, 2.05) is 11.8 Å². The minimum absolute atomic E-state index is 0.212. The van der Waals surface area contributed by atoms with Crippen molar-refractivity contribution < 1.29 is 14.3 Å². The number of amides is 1. The quantitative estimate of drug-likeness (QED) is 0.872. The molecule has 5 nitrogen and oxygen atoms in total. The highest BCUT2D eigenvalue weighted by Gasteiger charge is 2.17. The van der Waals surface area contributed by atoms with Gasteiger partial charge < -0.3 is 14.8 Å². The number of nitrogens with one attached hydrogen (secondary N) is 1. The zero-order valence-corrected chi connectivity index (χ0v) is 14.7. The number of methoxy groups -OCH3 is 1. The highest BCUT2D eigenvalue weighted by Crippen LogP contribution is 2.27. The van der Waals surface area contributed by atoms with Gasteiger partial charge in [-0.05, 0) is 36.4 Å². The van der Waals surface area contributed by atoms with Crippen molar-refractivity contribution in [2.24, 2.45) is 0 Å². The molecule has 126 valence electrons. The molecule has 1 N–H and O–H groups in total. The number of hydrogen-bond donors (Lipinski definition) is 1. The molecule has 3 rings (SSSR count). The third-order valence-electron chi connectivity index (χ3n) is 3.58. The standard InChI is InChI=1S/C17H17ClN2O3S/c1-22-15-4-3-12(8-14(15)18)20-17(21)11-2-5-16(19-9-11)23-13-6-7-24-10-13/h2-5,8-9,13H,6-7,10H2,1H3,(H,20,21)/t13-/m1/s1. The van der Waals surface area contributed by atoms with E-state index in [9.17, 15) is 4.79 Å². The number of nitrogens with zero attached hydrogens (tertiary/aromatic N) is 1. The van der Waals surface area contributed by atoms with E-state index in [1.54, 1.807) is 37.4 Å². The van der Waals surface area contributed by atoms with Gasteiger partial charge in [-0.1, -0.05) is 11.6 Å². The van der Waals surface area contributed by atoms with Gasteiger partial charge in [0.25, 0.3) is 5.91 Å². The minimum Gasteiger partial charge on any atom is -0.495 e. The fourth-order valence-electron chi connectivity index (χ4n) is 2.31. The van der Waals surface area contributed by atoms with E-state index in [0.717, 1.165) is 17.9 Å². The Morgan fingerprint density at radius 1 is 1.38 bits per heavy atom. The van der Waals surface area contributed by atoms with Crippen LogP contribution in [0.4, 0.5) is 5.69 Å². The van der Waals surface area contributed by atoms with E-state index in [1.165, 1.54) is 6.20 Å². The van der Waals surface area contributed by atoms with Crippen LogP contribution in [0, 0.1) is 0 Å². The molecular weight excluding hydrogens is 348 g/mol. The SMILES string of the molecule is COc1ccc(NC(=O)c2ccc(O[C@@H]3CCSC3)nc2)cc1Cl. The van der Waals surface area contributed by atoms with E-state index in [0.29, 0.717) is 27.9 Å². The Hall–Kier alpha value is -1.92. The maximum Gasteiger partial charge on any atom is 0.257 e. The summed E-state index contributed by atoms with van der Waals surface area (Å²) in [6.45, 7) is 0. The lowest BCUT2D eigenvalue weighted by Gasteiger charge is -2.11. The molecule has 1 aromatic heterocycles. The number of aromatic nitrogens is 1. The van der Waals surface area contributed by atoms with E-state index < -0.39 is 0 Å². The van der Waals surface area contributed by atoms with E-state index in [4.69, 9.17) is 21.1 Å². The Morgan fingerprint density at radius 2 is 2.25 bits per heavy atom. The summed E-state index contributed by atoms with van der Waals surface area (Å²) in [5, 5.41) is 3.22. The average Bonchev–Trinajstić information content (AvgIpc) is 3.08. The Morgan fingerprint density at radius 3 is 2.88 bits per heavy atom. The number of thioether (sulfide) groups is 1. The van der Waals surface area contributed by atoms with Crippen molar-refractivity contribution in [3.8, 4) is 11.6 Å². The average molecular weight is 365 g/mol. The number of carbonyl (C=O) groups excluding carboxylic acids is 1.